The number of nitriles is 1. The van der Waals surface area contributed by atoms with Crippen LogP contribution in [0.2, 0.25) is 0 Å². The second kappa shape index (κ2) is 8.20. The van der Waals surface area contributed by atoms with Gasteiger partial charge in [-0.2, -0.15) is 5.26 Å². The summed E-state index contributed by atoms with van der Waals surface area (Å²) in [5, 5.41) is 20.1. The number of carbonyl (C=O) groups is 1. The lowest BCUT2D eigenvalue weighted by Gasteiger charge is -2.08. The van der Waals surface area contributed by atoms with Crippen molar-refractivity contribution in [2.24, 2.45) is 0 Å². The third-order valence-electron chi connectivity index (χ3n) is 2.98. The van der Waals surface area contributed by atoms with Gasteiger partial charge in [0.15, 0.2) is 5.16 Å². The summed E-state index contributed by atoms with van der Waals surface area (Å²) in [4.78, 5) is 11.7. The summed E-state index contributed by atoms with van der Waals surface area (Å²) in [7, 11) is 0. The summed E-state index contributed by atoms with van der Waals surface area (Å²) in [6, 6.07) is 12.0. The van der Waals surface area contributed by atoms with Crippen molar-refractivity contribution in [2.45, 2.75) is 25.0 Å². The number of benzene rings is 1. The smallest absolute Gasteiger partial charge is 0.230 e. The van der Waals surface area contributed by atoms with E-state index in [4.69, 9.17) is 5.26 Å². The predicted molar refractivity (Wildman–Crippen MR) is 84.3 cm³/mol. The lowest BCUT2D eigenvalue weighted by molar-refractivity contribution is -0.118. The van der Waals surface area contributed by atoms with Gasteiger partial charge in [0.1, 0.15) is 5.82 Å². The van der Waals surface area contributed by atoms with Gasteiger partial charge >= 0.3 is 0 Å². The van der Waals surface area contributed by atoms with E-state index in [1.54, 1.807) is 0 Å². The molecule has 1 amide bonds. The molecule has 0 saturated carbocycles. The normalized spacial score (nSPS) is 10.2. The van der Waals surface area contributed by atoms with Crippen LogP contribution >= 0.6 is 11.8 Å². The number of nitrogens with zero attached hydrogens (tertiary/aromatic N) is 4. The van der Waals surface area contributed by atoms with Gasteiger partial charge in [0, 0.05) is 6.54 Å². The monoisotopic (exact) mass is 315 g/mol. The summed E-state index contributed by atoms with van der Waals surface area (Å²) >= 11 is 1.35. The van der Waals surface area contributed by atoms with Crippen molar-refractivity contribution in [3.05, 3.63) is 41.7 Å². The molecule has 0 unspecified atom stereocenters. The Hall–Kier alpha value is -2.33. The third kappa shape index (κ3) is 4.60. The van der Waals surface area contributed by atoms with Crippen molar-refractivity contribution in [1.29, 1.82) is 5.26 Å². The average molecular weight is 315 g/mol. The molecule has 0 bridgehead atoms. The van der Waals surface area contributed by atoms with Gasteiger partial charge in [-0.15, -0.1) is 10.2 Å². The molecule has 1 heterocycles. The van der Waals surface area contributed by atoms with Crippen molar-refractivity contribution >= 4 is 17.7 Å². The minimum atomic E-state index is -0.104. The second-order valence-electron chi connectivity index (χ2n) is 4.65. The molecule has 0 fully saturated rings. The molecule has 114 valence electrons. The van der Waals surface area contributed by atoms with E-state index < -0.39 is 0 Å². The summed E-state index contributed by atoms with van der Waals surface area (Å²) in [5.41, 5.74) is 1.16. The van der Waals surface area contributed by atoms with Crippen molar-refractivity contribution in [1.82, 2.24) is 20.1 Å². The van der Waals surface area contributed by atoms with Gasteiger partial charge in [0.25, 0.3) is 0 Å². The Morgan fingerprint density at radius 2 is 2.14 bits per heavy atom. The highest BCUT2D eigenvalue weighted by Gasteiger charge is 2.11. The maximum absolute atomic E-state index is 11.7. The number of thioether (sulfide) groups is 1. The number of aryl methyl sites for hydroxylation is 1. The molecule has 0 saturated heterocycles. The van der Waals surface area contributed by atoms with E-state index in [0.717, 1.165) is 16.5 Å². The number of hydrogen-bond acceptors (Lipinski definition) is 5. The largest absolute Gasteiger partial charge is 0.354 e. The van der Waals surface area contributed by atoms with Gasteiger partial charge in [-0.25, -0.2) is 0 Å². The first kappa shape index (κ1) is 16.0. The molecule has 0 spiro atoms. The second-order valence-corrected chi connectivity index (χ2v) is 5.59. The van der Waals surface area contributed by atoms with E-state index in [1.165, 1.54) is 11.8 Å². The maximum atomic E-state index is 11.7. The zero-order chi connectivity index (χ0) is 15.8. The van der Waals surface area contributed by atoms with Crippen molar-refractivity contribution in [3.8, 4) is 6.07 Å². The fourth-order valence-electron chi connectivity index (χ4n) is 1.86. The number of amides is 1. The molecular weight excluding hydrogens is 298 g/mol. The van der Waals surface area contributed by atoms with Crippen LogP contribution in [0.3, 0.4) is 0 Å². The van der Waals surface area contributed by atoms with Crippen molar-refractivity contribution in [2.75, 3.05) is 12.3 Å². The minimum absolute atomic E-state index is 0.104. The van der Waals surface area contributed by atoms with Gasteiger partial charge in [-0.1, -0.05) is 42.1 Å². The van der Waals surface area contributed by atoms with Crippen LogP contribution in [0.4, 0.5) is 0 Å². The van der Waals surface area contributed by atoms with Gasteiger partial charge < -0.3 is 9.88 Å². The Morgan fingerprint density at radius 1 is 1.36 bits per heavy atom. The zero-order valence-electron chi connectivity index (χ0n) is 12.3. The molecule has 1 aromatic carbocycles. The zero-order valence-corrected chi connectivity index (χ0v) is 13.1. The fourth-order valence-corrected chi connectivity index (χ4v) is 2.67. The van der Waals surface area contributed by atoms with Gasteiger partial charge in [-0.05, 0) is 12.5 Å². The van der Waals surface area contributed by atoms with Crippen LogP contribution in [-0.2, 0) is 11.3 Å². The minimum Gasteiger partial charge on any atom is -0.354 e. The highest BCUT2D eigenvalue weighted by atomic mass is 32.2. The van der Waals surface area contributed by atoms with Gasteiger partial charge in [-0.3, -0.25) is 4.79 Å². The highest BCUT2D eigenvalue weighted by Crippen LogP contribution is 2.18. The number of nitrogens with one attached hydrogen (secondary N) is 1. The van der Waals surface area contributed by atoms with Crippen molar-refractivity contribution < 1.29 is 4.79 Å². The van der Waals surface area contributed by atoms with E-state index >= 15 is 0 Å². The van der Waals surface area contributed by atoms with Crippen LogP contribution in [0.25, 0.3) is 0 Å². The number of hydrogen-bond donors (Lipinski definition) is 1. The predicted octanol–water partition coefficient (Wildman–Crippen LogP) is 1.76. The SMILES string of the molecule is Cc1nnc(SCC(=O)NCCC#N)n1Cc1ccccc1. The third-order valence-corrected chi connectivity index (χ3v) is 3.94. The van der Waals surface area contributed by atoms with Crippen molar-refractivity contribution in [3.63, 3.8) is 0 Å². The molecule has 0 aliphatic carbocycles. The first-order valence-corrected chi connectivity index (χ1v) is 7.89. The molecule has 2 aromatic rings. The molecule has 6 nitrogen and oxygen atoms in total. The topological polar surface area (TPSA) is 83.6 Å². The quantitative estimate of drug-likeness (QED) is 0.622. The van der Waals surface area contributed by atoms with E-state index in [1.807, 2.05) is 47.9 Å². The maximum Gasteiger partial charge on any atom is 0.230 e. The molecule has 7 heteroatoms. The van der Waals surface area contributed by atoms with E-state index in [2.05, 4.69) is 15.5 Å². The summed E-state index contributed by atoms with van der Waals surface area (Å²) in [6.45, 7) is 2.96. The van der Waals surface area contributed by atoms with E-state index in [-0.39, 0.29) is 11.7 Å². The van der Waals surface area contributed by atoms with Crippen LogP contribution in [-0.4, -0.2) is 33.0 Å². The Kier molecular flexibility index (Phi) is 5.98. The van der Waals surface area contributed by atoms with E-state index in [9.17, 15) is 4.79 Å². The number of aromatic nitrogens is 3. The van der Waals surface area contributed by atoms with E-state index in [0.29, 0.717) is 19.5 Å². The molecule has 0 radical (unpaired) electrons. The Balaban J connectivity index is 1.95. The molecule has 0 aliphatic rings. The average Bonchev–Trinajstić information content (AvgIpc) is 2.87. The molecule has 1 N–H and O–H groups in total. The van der Waals surface area contributed by atoms with Crippen LogP contribution in [0.15, 0.2) is 35.5 Å². The number of carbonyl (C=O) groups excluding carboxylic acids is 1. The molecule has 0 atom stereocenters. The Morgan fingerprint density at radius 3 is 2.86 bits per heavy atom. The molecule has 22 heavy (non-hydrogen) atoms. The molecule has 0 aliphatic heterocycles. The number of rotatable bonds is 7. The molecule has 1 aromatic heterocycles. The lowest BCUT2D eigenvalue weighted by Crippen LogP contribution is -2.26. The van der Waals surface area contributed by atoms with Crippen LogP contribution in [0, 0.1) is 18.3 Å². The summed E-state index contributed by atoms with van der Waals surface area (Å²) in [5.74, 6) is 0.974. The highest BCUT2D eigenvalue weighted by molar-refractivity contribution is 7.99. The lowest BCUT2D eigenvalue weighted by atomic mass is 10.2. The van der Waals surface area contributed by atoms with Crippen LogP contribution < -0.4 is 5.32 Å². The Bertz CT molecular complexity index is 662. The van der Waals surface area contributed by atoms with Gasteiger partial charge in [0.05, 0.1) is 24.8 Å². The summed E-state index contributed by atoms with van der Waals surface area (Å²) < 4.78 is 1.99. The van der Waals surface area contributed by atoms with Crippen LogP contribution in [0.5, 0.6) is 0 Å². The molecular formula is C15H17N5OS. The fraction of sp³-hybridized carbons (Fsp3) is 0.333. The first-order chi connectivity index (χ1) is 10.7. The molecule has 2 rings (SSSR count). The standard InChI is InChI=1S/C15H17N5OS/c1-12-18-19-15(22-11-14(21)17-9-5-8-16)20(12)10-13-6-3-2-4-7-13/h2-4,6-7H,5,9-11H2,1H3,(H,17,21). The Labute approximate surface area is 133 Å². The first-order valence-electron chi connectivity index (χ1n) is 6.91. The van der Waals surface area contributed by atoms with Crippen LogP contribution in [0.1, 0.15) is 17.8 Å². The van der Waals surface area contributed by atoms with Gasteiger partial charge in [0.2, 0.25) is 5.91 Å². The summed E-state index contributed by atoms with van der Waals surface area (Å²) in [6.07, 6.45) is 0.319.